The summed E-state index contributed by atoms with van der Waals surface area (Å²) in [6, 6.07) is 0.484. The largest absolute Gasteiger partial charge is 0.328 e. The Morgan fingerprint density at radius 1 is 0.842 bits per heavy atom. The van der Waals surface area contributed by atoms with Gasteiger partial charge in [0.2, 0.25) is 0 Å². The summed E-state index contributed by atoms with van der Waals surface area (Å²) in [5.41, 5.74) is 6.25. The molecule has 0 amide bonds. The van der Waals surface area contributed by atoms with Gasteiger partial charge in [-0.1, -0.05) is 84.0 Å². The first-order chi connectivity index (χ1) is 9.33. The third-order valence-electron chi connectivity index (χ3n) is 4.85. The lowest BCUT2D eigenvalue weighted by Crippen LogP contribution is -2.21. The maximum absolute atomic E-state index is 6.25. The van der Waals surface area contributed by atoms with Crippen LogP contribution in [-0.4, -0.2) is 6.04 Å². The molecule has 19 heavy (non-hydrogen) atoms. The molecule has 1 atom stereocenters. The molecule has 1 nitrogen and oxygen atoms in total. The SMILES string of the molecule is CCCCCCCCCC(N)CCC1CCCCC1. The second kappa shape index (κ2) is 11.8. The van der Waals surface area contributed by atoms with E-state index in [2.05, 4.69) is 6.92 Å². The minimum Gasteiger partial charge on any atom is -0.328 e. The Bertz CT molecular complexity index is 184. The Kier molecular flexibility index (Phi) is 10.5. The molecule has 0 aromatic rings. The highest BCUT2D eigenvalue weighted by Crippen LogP contribution is 2.27. The first-order valence-corrected chi connectivity index (χ1v) is 9.08. The Morgan fingerprint density at radius 2 is 1.47 bits per heavy atom. The van der Waals surface area contributed by atoms with E-state index >= 15 is 0 Å². The van der Waals surface area contributed by atoms with E-state index in [9.17, 15) is 0 Å². The van der Waals surface area contributed by atoms with Crippen molar-refractivity contribution in [1.82, 2.24) is 0 Å². The smallest absolute Gasteiger partial charge is 0.00389 e. The summed E-state index contributed by atoms with van der Waals surface area (Å²) in [5, 5.41) is 0. The van der Waals surface area contributed by atoms with Crippen LogP contribution < -0.4 is 5.73 Å². The number of unbranched alkanes of at least 4 members (excludes halogenated alkanes) is 6. The fraction of sp³-hybridized carbons (Fsp3) is 1.00. The van der Waals surface area contributed by atoms with Crippen LogP contribution in [0.4, 0.5) is 0 Å². The van der Waals surface area contributed by atoms with Crippen LogP contribution in [0.3, 0.4) is 0 Å². The molecule has 1 fully saturated rings. The zero-order chi connectivity index (χ0) is 13.8. The minimum atomic E-state index is 0.484. The van der Waals surface area contributed by atoms with Crippen LogP contribution in [0.2, 0.25) is 0 Å². The molecule has 0 aliphatic heterocycles. The van der Waals surface area contributed by atoms with Crippen LogP contribution in [-0.2, 0) is 0 Å². The van der Waals surface area contributed by atoms with Gasteiger partial charge in [0.25, 0.3) is 0 Å². The quantitative estimate of drug-likeness (QED) is 0.469. The molecule has 0 radical (unpaired) electrons. The standard InChI is InChI=1S/C18H37N/c1-2-3-4-5-6-7-11-14-18(19)16-15-17-12-9-8-10-13-17/h17-18H,2-16,19H2,1H3. The van der Waals surface area contributed by atoms with E-state index < -0.39 is 0 Å². The van der Waals surface area contributed by atoms with Gasteiger partial charge < -0.3 is 5.73 Å². The number of hydrogen-bond donors (Lipinski definition) is 1. The third kappa shape index (κ3) is 9.49. The van der Waals surface area contributed by atoms with Gasteiger partial charge in [-0.2, -0.15) is 0 Å². The van der Waals surface area contributed by atoms with Gasteiger partial charge in [0.05, 0.1) is 0 Å². The first-order valence-electron chi connectivity index (χ1n) is 9.08. The Morgan fingerprint density at radius 3 is 2.16 bits per heavy atom. The predicted molar refractivity (Wildman–Crippen MR) is 86.4 cm³/mol. The normalized spacial score (nSPS) is 18.6. The average Bonchev–Trinajstić information content (AvgIpc) is 2.45. The number of hydrogen-bond acceptors (Lipinski definition) is 1. The zero-order valence-corrected chi connectivity index (χ0v) is 13.3. The van der Waals surface area contributed by atoms with Crippen molar-refractivity contribution in [3.8, 4) is 0 Å². The van der Waals surface area contributed by atoms with E-state index in [0.29, 0.717) is 6.04 Å². The monoisotopic (exact) mass is 267 g/mol. The van der Waals surface area contributed by atoms with Crippen molar-refractivity contribution in [2.45, 2.75) is 109 Å². The Balaban J connectivity index is 1.85. The van der Waals surface area contributed by atoms with E-state index in [4.69, 9.17) is 5.73 Å². The maximum Gasteiger partial charge on any atom is 0.00389 e. The molecular weight excluding hydrogens is 230 g/mol. The third-order valence-corrected chi connectivity index (χ3v) is 4.85. The van der Waals surface area contributed by atoms with Crippen LogP contribution >= 0.6 is 0 Å². The zero-order valence-electron chi connectivity index (χ0n) is 13.3. The summed E-state index contributed by atoms with van der Waals surface area (Å²) in [6.45, 7) is 2.28. The van der Waals surface area contributed by atoms with Crippen molar-refractivity contribution in [2.24, 2.45) is 11.7 Å². The summed E-state index contributed by atoms with van der Waals surface area (Å²) < 4.78 is 0. The van der Waals surface area contributed by atoms with Crippen molar-refractivity contribution in [2.75, 3.05) is 0 Å². The van der Waals surface area contributed by atoms with Crippen molar-refractivity contribution in [3.63, 3.8) is 0 Å². The first kappa shape index (κ1) is 17.0. The van der Waals surface area contributed by atoms with E-state index in [1.165, 1.54) is 96.3 Å². The second-order valence-corrected chi connectivity index (χ2v) is 6.75. The molecule has 1 rings (SSSR count). The summed E-state index contributed by atoms with van der Waals surface area (Å²) in [4.78, 5) is 0. The molecule has 0 heterocycles. The fourth-order valence-corrected chi connectivity index (χ4v) is 3.43. The van der Waals surface area contributed by atoms with E-state index in [0.717, 1.165) is 5.92 Å². The minimum absolute atomic E-state index is 0.484. The summed E-state index contributed by atoms with van der Waals surface area (Å²) in [7, 11) is 0. The summed E-state index contributed by atoms with van der Waals surface area (Å²) >= 11 is 0. The van der Waals surface area contributed by atoms with Gasteiger partial charge in [-0.05, 0) is 25.2 Å². The lowest BCUT2D eigenvalue weighted by Gasteiger charge is -2.22. The maximum atomic E-state index is 6.25. The highest BCUT2D eigenvalue weighted by molar-refractivity contribution is 4.69. The van der Waals surface area contributed by atoms with Gasteiger partial charge in [0.15, 0.2) is 0 Å². The van der Waals surface area contributed by atoms with Crippen molar-refractivity contribution < 1.29 is 0 Å². The van der Waals surface area contributed by atoms with Crippen LogP contribution in [0.5, 0.6) is 0 Å². The molecule has 114 valence electrons. The molecule has 2 N–H and O–H groups in total. The average molecular weight is 268 g/mol. The van der Waals surface area contributed by atoms with E-state index in [1.54, 1.807) is 0 Å². The summed E-state index contributed by atoms with van der Waals surface area (Å²) in [5.74, 6) is 1.01. The highest BCUT2D eigenvalue weighted by atomic mass is 14.6. The molecule has 1 aliphatic rings. The molecule has 0 aromatic heterocycles. The van der Waals surface area contributed by atoms with Crippen LogP contribution in [0.1, 0.15) is 103 Å². The van der Waals surface area contributed by atoms with Crippen LogP contribution in [0.25, 0.3) is 0 Å². The molecule has 0 spiro atoms. The van der Waals surface area contributed by atoms with Crippen molar-refractivity contribution >= 4 is 0 Å². The van der Waals surface area contributed by atoms with E-state index in [-0.39, 0.29) is 0 Å². The fourth-order valence-electron chi connectivity index (χ4n) is 3.43. The second-order valence-electron chi connectivity index (χ2n) is 6.75. The lowest BCUT2D eigenvalue weighted by atomic mass is 9.85. The number of nitrogens with two attached hydrogens (primary N) is 1. The molecule has 0 bridgehead atoms. The lowest BCUT2D eigenvalue weighted by molar-refractivity contribution is 0.319. The predicted octanol–water partition coefficient (Wildman–Crippen LogP) is 5.81. The van der Waals surface area contributed by atoms with Crippen LogP contribution in [0, 0.1) is 5.92 Å². The summed E-state index contributed by atoms with van der Waals surface area (Å²) in [6.07, 6.45) is 21.1. The topological polar surface area (TPSA) is 26.0 Å². The van der Waals surface area contributed by atoms with Crippen molar-refractivity contribution in [3.05, 3.63) is 0 Å². The van der Waals surface area contributed by atoms with Gasteiger partial charge in [0, 0.05) is 6.04 Å². The Labute approximate surface area is 121 Å². The molecular formula is C18H37N. The molecule has 1 saturated carbocycles. The van der Waals surface area contributed by atoms with E-state index in [1.807, 2.05) is 0 Å². The van der Waals surface area contributed by atoms with Gasteiger partial charge in [0.1, 0.15) is 0 Å². The van der Waals surface area contributed by atoms with Gasteiger partial charge in [-0.3, -0.25) is 0 Å². The number of rotatable bonds is 11. The van der Waals surface area contributed by atoms with Crippen molar-refractivity contribution in [1.29, 1.82) is 0 Å². The molecule has 1 heteroatoms. The van der Waals surface area contributed by atoms with Crippen LogP contribution in [0.15, 0.2) is 0 Å². The van der Waals surface area contributed by atoms with Gasteiger partial charge >= 0.3 is 0 Å². The molecule has 1 aliphatic carbocycles. The highest BCUT2D eigenvalue weighted by Gasteiger charge is 2.14. The van der Waals surface area contributed by atoms with Gasteiger partial charge in [-0.25, -0.2) is 0 Å². The van der Waals surface area contributed by atoms with Gasteiger partial charge in [-0.15, -0.1) is 0 Å². The Hall–Kier alpha value is -0.0400. The molecule has 0 saturated heterocycles. The molecule has 0 aromatic carbocycles. The molecule has 1 unspecified atom stereocenters.